The Morgan fingerprint density at radius 3 is 2.53 bits per heavy atom. The van der Waals surface area contributed by atoms with E-state index in [0.717, 1.165) is 31.8 Å². The standard InChI is InChI=1S/C14H30N2O/c1-3-8-15-14(12-17)7-11-16-9-5-13(4-2)6-10-16/h13-15,17H,3-12H2,1-2H3. The maximum absolute atomic E-state index is 9.28. The van der Waals surface area contributed by atoms with Gasteiger partial charge in [-0.2, -0.15) is 0 Å². The molecule has 1 atom stereocenters. The van der Waals surface area contributed by atoms with Gasteiger partial charge in [-0.05, 0) is 57.8 Å². The first-order valence-corrected chi connectivity index (χ1v) is 7.36. The molecule has 2 N–H and O–H groups in total. The van der Waals surface area contributed by atoms with E-state index in [1.165, 1.54) is 32.4 Å². The molecule has 1 aliphatic heterocycles. The Labute approximate surface area is 107 Å². The molecule has 0 bridgehead atoms. The highest BCUT2D eigenvalue weighted by Gasteiger charge is 2.18. The molecule has 3 heteroatoms. The van der Waals surface area contributed by atoms with E-state index >= 15 is 0 Å². The Hall–Kier alpha value is -0.120. The summed E-state index contributed by atoms with van der Waals surface area (Å²) in [5.74, 6) is 0.957. The second kappa shape index (κ2) is 8.90. The van der Waals surface area contributed by atoms with E-state index in [2.05, 4.69) is 24.1 Å². The van der Waals surface area contributed by atoms with Crippen LogP contribution in [0.4, 0.5) is 0 Å². The first kappa shape index (κ1) is 14.9. The smallest absolute Gasteiger partial charge is 0.0585 e. The van der Waals surface area contributed by atoms with E-state index in [-0.39, 0.29) is 6.61 Å². The number of aliphatic hydroxyl groups excluding tert-OH is 1. The molecule has 0 aliphatic carbocycles. The Balaban J connectivity index is 2.12. The van der Waals surface area contributed by atoms with Crippen LogP contribution in [0.15, 0.2) is 0 Å². The largest absolute Gasteiger partial charge is 0.395 e. The molecule has 3 nitrogen and oxygen atoms in total. The lowest BCUT2D eigenvalue weighted by Crippen LogP contribution is -2.39. The van der Waals surface area contributed by atoms with Crippen molar-refractivity contribution in [1.82, 2.24) is 10.2 Å². The zero-order chi connectivity index (χ0) is 12.5. The minimum Gasteiger partial charge on any atom is -0.395 e. The summed E-state index contributed by atoms with van der Waals surface area (Å²) in [6, 6.07) is 0.291. The van der Waals surface area contributed by atoms with E-state index in [1.807, 2.05) is 0 Å². The molecule has 1 rings (SSSR count). The lowest BCUT2D eigenvalue weighted by Gasteiger charge is -2.32. The first-order valence-electron chi connectivity index (χ1n) is 7.36. The molecule has 17 heavy (non-hydrogen) atoms. The second-order valence-electron chi connectivity index (χ2n) is 5.32. The predicted molar refractivity (Wildman–Crippen MR) is 73.2 cm³/mol. The average molecular weight is 242 g/mol. The van der Waals surface area contributed by atoms with Gasteiger partial charge in [0.1, 0.15) is 0 Å². The lowest BCUT2D eigenvalue weighted by molar-refractivity contribution is 0.161. The molecule has 1 unspecified atom stereocenters. The molecule has 0 spiro atoms. The summed E-state index contributed by atoms with van der Waals surface area (Å²) in [5, 5.41) is 12.7. The van der Waals surface area contributed by atoms with Gasteiger partial charge in [-0.15, -0.1) is 0 Å². The monoisotopic (exact) mass is 242 g/mol. The molecule has 1 aliphatic rings. The van der Waals surface area contributed by atoms with Gasteiger partial charge in [-0.1, -0.05) is 20.3 Å². The van der Waals surface area contributed by atoms with Gasteiger partial charge < -0.3 is 15.3 Å². The van der Waals surface area contributed by atoms with E-state index in [4.69, 9.17) is 0 Å². The van der Waals surface area contributed by atoms with Crippen LogP contribution in [-0.2, 0) is 0 Å². The Morgan fingerprint density at radius 2 is 2.00 bits per heavy atom. The molecular formula is C14H30N2O. The van der Waals surface area contributed by atoms with Crippen LogP contribution < -0.4 is 5.32 Å². The summed E-state index contributed by atoms with van der Waals surface area (Å²) in [6.07, 6.45) is 6.28. The molecule has 0 aromatic carbocycles. The van der Waals surface area contributed by atoms with Gasteiger partial charge in [0, 0.05) is 6.04 Å². The predicted octanol–water partition coefficient (Wildman–Crippen LogP) is 1.86. The normalized spacial score (nSPS) is 20.6. The van der Waals surface area contributed by atoms with Crippen LogP contribution in [-0.4, -0.2) is 48.8 Å². The highest BCUT2D eigenvalue weighted by atomic mass is 16.3. The van der Waals surface area contributed by atoms with Gasteiger partial charge in [0.15, 0.2) is 0 Å². The molecular weight excluding hydrogens is 212 g/mol. The van der Waals surface area contributed by atoms with Gasteiger partial charge in [-0.3, -0.25) is 0 Å². The van der Waals surface area contributed by atoms with Crippen LogP contribution in [0.3, 0.4) is 0 Å². The lowest BCUT2D eigenvalue weighted by atomic mass is 9.94. The maximum atomic E-state index is 9.28. The van der Waals surface area contributed by atoms with E-state index in [1.54, 1.807) is 0 Å². The summed E-state index contributed by atoms with van der Waals surface area (Å²) < 4.78 is 0. The fraction of sp³-hybridized carbons (Fsp3) is 1.00. The van der Waals surface area contributed by atoms with Crippen molar-refractivity contribution >= 4 is 0 Å². The molecule has 0 aromatic heterocycles. The van der Waals surface area contributed by atoms with Crippen molar-refractivity contribution in [2.75, 3.05) is 32.8 Å². The topological polar surface area (TPSA) is 35.5 Å². The number of hydrogen-bond donors (Lipinski definition) is 2. The van der Waals surface area contributed by atoms with E-state index < -0.39 is 0 Å². The minimum absolute atomic E-state index is 0.269. The minimum atomic E-state index is 0.269. The van der Waals surface area contributed by atoms with Crippen molar-refractivity contribution in [3.8, 4) is 0 Å². The van der Waals surface area contributed by atoms with Crippen LogP contribution in [0.25, 0.3) is 0 Å². The number of rotatable bonds is 8. The van der Waals surface area contributed by atoms with Gasteiger partial charge in [0.25, 0.3) is 0 Å². The van der Waals surface area contributed by atoms with Crippen LogP contribution in [0, 0.1) is 5.92 Å². The highest BCUT2D eigenvalue weighted by molar-refractivity contribution is 4.74. The third-order valence-corrected chi connectivity index (χ3v) is 3.98. The maximum Gasteiger partial charge on any atom is 0.0585 e. The third kappa shape index (κ3) is 5.84. The van der Waals surface area contributed by atoms with Crippen LogP contribution in [0.5, 0.6) is 0 Å². The van der Waals surface area contributed by atoms with Crippen molar-refractivity contribution in [2.24, 2.45) is 5.92 Å². The molecule has 0 aromatic rings. The summed E-state index contributed by atoms with van der Waals surface area (Å²) in [6.45, 7) is 9.40. The van der Waals surface area contributed by atoms with E-state index in [0.29, 0.717) is 6.04 Å². The van der Waals surface area contributed by atoms with E-state index in [9.17, 15) is 5.11 Å². The fourth-order valence-electron chi connectivity index (χ4n) is 2.56. The molecule has 0 radical (unpaired) electrons. The zero-order valence-corrected chi connectivity index (χ0v) is 11.6. The molecule has 1 saturated heterocycles. The summed E-state index contributed by atoms with van der Waals surface area (Å²) in [5.41, 5.74) is 0. The van der Waals surface area contributed by atoms with Gasteiger partial charge >= 0.3 is 0 Å². The van der Waals surface area contributed by atoms with Crippen LogP contribution >= 0.6 is 0 Å². The van der Waals surface area contributed by atoms with Crippen molar-refractivity contribution in [2.45, 2.75) is 52.0 Å². The quantitative estimate of drug-likeness (QED) is 0.682. The molecule has 0 amide bonds. The second-order valence-corrected chi connectivity index (χ2v) is 5.32. The first-order chi connectivity index (χ1) is 8.30. The number of hydrogen-bond acceptors (Lipinski definition) is 3. The van der Waals surface area contributed by atoms with Gasteiger partial charge in [0.2, 0.25) is 0 Å². The van der Waals surface area contributed by atoms with Crippen LogP contribution in [0.1, 0.15) is 46.0 Å². The van der Waals surface area contributed by atoms with Gasteiger partial charge in [-0.25, -0.2) is 0 Å². The van der Waals surface area contributed by atoms with Crippen molar-refractivity contribution < 1.29 is 5.11 Å². The fourth-order valence-corrected chi connectivity index (χ4v) is 2.56. The van der Waals surface area contributed by atoms with Crippen molar-refractivity contribution in [1.29, 1.82) is 0 Å². The SMILES string of the molecule is CCCNC(CO)CCN1CCC(CC)CC1. The van der Waals surface area contributed by atoms with Crippen LogP contribution in [0.2, 0.25) is 0 Å². The Bertz CT molecular complexity index is 179. The Kier molecular flexibility index (Phi) is 7.82. The summed E-state index contributed by atoms with van der Waals surface area (Å²) in [4.78, 5) is 2.56. The summed E-state index contributed by atoms with van der Waals surface area (Å²) >= 11 is 0. The molecule has 1 heterocycles. The molecule has 102 valence electrons. The molecule has 1 fully saturated rings. The number of aliphatic hydroxyl groups is 1. The Morgan fingerprint density at radius 1 is 1.29 bits per heavy atom. The summed E-state index contributed by atoms with van der Waals surface area (Å²) in [7, 11) is 0. The number of piperidine rings is 1. The number of likely N-dealkylation sites (tertiary alicyclic amines) is 1. The van der Waals surface area contributed by atoms with Gasteiger partial charge in [0.05, 0.1) is 6.61 Å². The van der Waals surface area contributed by atoms with Crippen molar-refractivity contribution in [3.05, 3.63) is 0 Å². The highest BCUT2D eigenvalue weighted by Crippen LogP contribution is 2.19. The number of nitrogens with zero attached hydrogens (tertiary/aromatic N) is 1. The zero-order valence-electron chi connectivity index (χ0n) is 11.6. The van der Waals surface area contributed by atoms with Crippen molar-refractivity contribution in [3.63, 3.8) is 0 Å². The average Bonchev–Trinajstić information content (AvgIpc) is 2.39. The molecule has 0 saturated carbocycles. The third-order valence-electron chi connectivity index (χ3n) is 3.98. The number of nitrogens with one attached hydrogen (secondary N) is 1.